The Morgan fingerprint density at radius 2 is 0.889 bits per heavy atom. The van der Waals surface area contributed by atoms with Crippen molar-refractivity contribution in [3.63, 3.8) is 0 Å². The molecular formula is C7H20OS. The topological polar surface area (TPSA) is 17.1 Å². The average molecular weight is 152 g/mol. The third-order valence-corrected chi connectivity index (χ3v) is 0. The number of carbonyl (C=O) groups excluding carboxylic acids is 1. The third-order valence-electron chi connectivity index (χ3n) is 0. The van der Waals surface area contributed by atoms with Crippen molar-refractivity contribution in [1.29, 1.82) is 0 Å². The summed E-state index contributed by atoms with van der Waals surface area (Å²) in [6.07, 6.45) is 0. The summed E-state index contributed by atoms with van der Waals surface area (Å²) in [7, 11) is 0. The van der Waals surface area contributed by atoms with Gasteiger partial charge in [0.2, 0.25) is 0 Å². The van der Waals surface area contributed by atoms with E-state index in [1.807, 2.05) is 34.5 Å². The molecule has 0 aromatic rings. The Labute approximate surface area is 65.5 Å². The van der Waals surface area contributed by atoms with Gasteiger partial charge in [0, 0.05) is 0 Å². The second-order valence-corrected chi connectivity index (χ2v) is 0. The van der Waals surface area contributed by atoms with Gasteiger partial charge in [-0.05, 0) is 5.87 Å². The molecule has 0 spiro atoms. The maximum Gasteiger partial charge on any atom is 0.106 e. The molecule has 0 aliphatic carbocycles. The Balaban J connectivity index is -0.00000000762. The molecule has 0 aromatic heterocycles. The molecule has 60 valence electrons. The van der Waals surface area contributed by atoms with E-state index in [-0.39, 0.29) is 7.43 Å². The van der Waals surface area contributed by atoms with Crippen molar-refractivity contribution in [1.82, 2.24) is 0 Å². The Hall–Kier alpha value is -0.240. The zero-order chi connectivity index (χ0) is 8.00. The van der Waals surface area contributed by atoms with E-state index < -0.39 is 0 Å². The first-order valence-electron chi connectivity index (χ1n) is 2.58. The van der Waals surface area contributed by atoms with Crippen molar-refractivity contribution in [2.75, 3.05) is 0 Å². The van der Waals surface area contributed by atoms with Crippen molar-refractivity contribution >= 4 is 24.9 Å². The molecule has 0 amide bonds. The summed E-state index contributed by atoms with van der Waals surface area (Å²) in [5, 5.41) is 0. The van der Waals surface area contributed by atoms with Crippen molar-refractivity contribution < 1.29 is 4.79 Å². The van der Waals surface area contributed by atoms with Gasteiger partial charge < -0.3 is 4.79 Å². The van der Waals surface area contributed by atoms with Gasteiger partial charge in [-0.1, -0.05) is 47.3 Å². The van der Waals surface area contributed by atoms with Crippen LogP contribution in [0.25, 0.3) is 0 Å². The van der Waals surface area contributed by atoms with Crippen LogP contribution < -0.4 is 0 Å². The van der Waals surface area contributed by atoms with Gasteiger partial charge in [-0.3, -0.25) is 0 Å². The molecule has 0 heterocycles. The van der Waals surface area contributed by atoms with Crippen molar-refractivity contribution in [2.24, 2.45) is 0 Å². The quantitative estimate of drug-likeness (QED) is 0.496. The molecule has 1 nitrogen and oxygen atoms in total. The Morgan fingerprint density at radius 1 is 0.889 bits per heavy atom. The van der Waals surface area contributed by atoms with Gasteiger partial charge >= 0.3 is 0 Å². The highest BCUT2D eigenvalue weighted by molar-refractivity contribution is 7.77. The summed E-state index contributed by atoms with van der Waals surface area (Å²) >= 11 is 3.83. The fourth-order valence-corrected chi connectivity index (χ4v) is 0. The van der Waals surface area contributed by atoms with Crippen LogP contribution in [0, 0.1) is 0 Å². The summed E-state index contributed by atoms with van der Waals surface area (Å²) in [5.74, 6) is 2.83. The zero-order valence-electron chi connectivity index (χ0n) is 6.23. The van der Waals surface area contributed by atoms with E-state index in [4.69, 9.17) is 4.79 Å². The van der Waals surface area contributed by atoms with E-state index in [1.165, 1.54) is 0 Å². The molecule has 0 aliphatic rings. The van der Waals surface area contributed by atoms with Gasteiger partial charge in [-0.25, -0.2) is 0 Å². The molecule has 0 N–H and O–H groups in total. The van der Waals surface area contributed by atoms with Crippen LogP contribution in [-0.4, -0.2) is 12.7 Å². The Bertz CT molecular complexity index is 10.9. The molecule has 0 radical (unpaired) electrons. The van der Waals surface area contributed by atoms with Gasteiger partial charge in [0.05, 0.1) is 0 Å². The van der Waals surface area contributed by atoms with Gasteiger partial charge in [0.15, 0.2) is 0 Å². The highest BCUT2D eigenvalue weighted by Gasteiger charge is 0.934. The predicted octanol–water partition coefficient (Wildman–Crippen LogP) is 3.12. The molecule has 0 fully saturated rings. The number of rotatable bonds is 0. The van der Waals surface area contributed by atoms with E-state index in [0.29, 0.717) is 0 Å². The molecule has 0 unspecified atom stereocenters. The van der Waals surface area contributed by atoms with Crippen LogP contribution >= 0.6 is 12.2 Å². The molecule has 0 aromatic carbocycles. The normalized spacial score (nSPS) is 2.22. The summed E-state index contributed by atoms with van der Waals surface area (Å²) in [5.41, 5.74) is 0. The van der Waals surface area contributed by atoms with E-state index in [9.17, 15) is 0 Å². The molecule has 0 saturated carbocycles. The Morgan fingerprint density at radius 3 is 0.889 bits per heavy atom. The van der Waals surface area contributed by atoms with E-state index in [1.54, 1.807) is 0 Å². The minimum absolute atomic E-state index is 0. The van der Waals surface area contributed by atoms with Crippen LogP contribution in [-0.2, 0) is 4.79 Å². The van der Waals surface area contributed by atoms with E-state index in [2.05, 4.69) is 18.1 Å². The first-order chi connectivity index (χ1) is 4.00. The maximum atomic E-state index is 8.00. The van der Waals surface area contributed by atoms with Crippen LogP contribution in [0.15, 0.2) is 0 Å². The second kappa shape index (κ2) is 6160. The van der Waals surface area contributed by atoms with Crippen molar-refractivity contribution in [2.45, 2.75) is 35.1 Å². The minimum atomic E-state index is 0. The minimum Gasteiger partial charge on any atom is -0.307 e. The van der Waals surface area contributed by atoms with Gasteiger partial charge in [-0.2, -0.15) is 0 Å². The lowest BCUT2D eigenvalue weighted by atomic mass is 11.0. The average Bonchev–Trinajstić information content (AvgIpc) is 2.03. The lowest BCUT2D eigenvalue weighted by molar-refractivity contribution is -0.0979. The highest BCUT2D eigenvalue weighted by atomic mass is 32.1. The summed E-state index contributed by atoms with van der Waals surface area (Å²) in [6, 6.07) is 0. The molecule has 0 rings (SSSR count). The Kier molecular flexibility index (Phi) is 25500. The fraction of sp³-hybridized carbons (Fsp3) is 0.714. The van der Waals surface area contributed by atoms with Crippen LogP contribution in [0.2, 0.25) is 0 Å². The molecule has 2 heteroatoms. The zero-order valence-corrected chi connectivity index (χ0v) is 7.05. The summed E-state index contributed by atoms with van der Waals surface area (Å²) in [6.45, 7) is 10.0. The largest absolute Gasteiger partial charge is 0.307 e. The maximum absolute atomic E-state index is 8.00. The molecule has 0 aliphatic heterocycles. The van der Waals surface area contributed by atoms with Crippen LogP contribution in [0.5, 0.6) is 0 Å². The van der Waals surface area contributed by atoms with Crippen LogP contribution in [0.1, 0.15) is 35.1 Å². The lowest BCUT2D eigenvalue weighted by Gasteiger charge is -1.07. The first-order valence-corrected chi connectivity index (χ1v) is 3.15. The van der Waals surface area contributed by atoms with Crippen LogP contribution in [0.4, 0.5) is 0 Å². The first kappa shape index (κ1) is 37.3. The van der Waals surface area contributed by atoms with Gasteiger partial charge in [-0.15, -0.1) is 0 Å². The predicted molar refractivity (Wildman–Crippen MR) is 51.3 cm³/mol. The second-order valence-electron chi connectivity index (χ2n) is 0. The number of thiocarbonyl (C=S) groups is 1. The SMILES string of the molecule is C.C=O.C=S.CC.CC. The van der Waals surface area contributed by atoms with Gasteiger partial charge in [0.1, 0.15) is 6.79 Å². The molecule has 0 atom stereocenters. The monoisotopic (exact) mass is 152 g/mol. The van der Waals surface area contributed by atoms with Crippen LogP contribution in [0.3, 0.4) is 0 Å². The number of carbonyl (C=O) groups is 1. The molecule has 0 saturated heterocycles. The fourth-order valence-electron chi connectivity index (χ4n) is 0. The molecule has 9 heavy (non-hydrogen) atoms. The smallest absolute Gasteiger partial charge is 0.106 e. The van der Waals surface area contributed by atoms with Gasteiger partial charge in [0.25, 0.3) is 0 Å². The highest BCUT2D eigenvalue weighted by Crippen LogP contribution is 1.15. The summed E-state index contributed by atoms with van der Waals surface area (Å²) < 4.78 is 0. The lowest BCUT2D eigenvalue weighted by Crippen LogP contribution is -0.925. The van der Waals surface area contributed by atoms with Crippen molar-refractivity contribution in [3.05, 3.63) is 0 Å². The van der Waals surface area contributed by atoms with E-state index >= 15 is 0 Å². The third kappa shape index (κ3) is 4470. The molecule has 0 bridgehead atoms. The number of hydrogen-bond acceptors (Lipinski definition) is 2. The molecular weight excluding hydrogens is 132 g/mol. The van der Waals surface area contributed by atoms with E-state index in [0.717, 1.165) is 0 Å². The standard InChI is InChI=1S/2C2H6.CH2O.CH2S.CH4/c4*1-2;/h2*1-2H3;2*1H2;1H4. The van der Waals surface area contributed by atoms with Crippen molar-refractivity contribution in [3.8, 4) is 0 Å². The summed E-state index contributed by atoms with van der Waals surface area (Å²) in [4.78, 5) is 8.00. The number of hydrogen-bond donors (Lipinski definition) is 0.